The van der Waals surface area contributed by atoms with E-state index in [-0.39, 0.29) is 17.9 Å². The van der Waals surface area contributed by atoms with E-state index in [1.807, 2.05) is 31.2 Å². The van der Waals surface area contributed by atoms with Gasteiger partial charge in [0.2, 0.25) is 0 Å². The summed E-state index contributed by atoms with van der Waals surface area (Å²) in [7, 11) is 0. The molecule has 6 nitrogen and oxygen atoms in total. The highest BCUT2D eigenvalue weighted by Crippen LogP contribution is 2.25. The lowest BCUT2D eigenvalue weighted by Crippen LogP contribution is -2.46. The van der Waals surface area contributed by atoms with Crippen molar-refractivity contribution >= 4 is 22.8 Å². The summed E-state index contributed by atoms with van der Waals surface area (Å²) in [6.07, 6.45) is 4.39. The van der Waals surface area contributed by atoms with Gasteiger partial charge in [0.25, 0.3) is 11.8 Å². The molecule has 0 unspecified atom stereocenters. The van der Waals surface area contributed by atoms with E-state index >= 15 is 0 Å². The van der Waals surface area contributed by atoms with Crippen molar-refractivity contribution < 1.29 is 18.4 Å². The minimum absolute atomic E-state index is 0.0309. The van der Waals surface area contributed by atoms with Crippen LogP contribution in [0.4, 0.5) is 0 Å². The number of hydrogen-bond donors (Lipinski definition) is 1. The zero-order valence-electron chi connectivity index (χ0n) is 14.5. The van der Waals surface area contributed by atoms with Crippen LogP contribution in [0, 0.1) is 6.92 Å². The summed E-state index contributed by atoms with van der Waals surface area (Å²) in [5.41, 5.74) is 2.13. The van der Waals surface area contributed by atoms with Crippen molar-refractivity contribution in [1.29, 1.82) is 0 Å². The number of fused-ring (bicyclic) bond motifs is 1. The fraction of sp³-hybridized carbons (Fsp3) is 0.300. The molecule has 1 aliphatic rings. The van der Waals surface area contributed by atoms with Crippen molar-refractivity contribution in [3.05, 3.63) is 59.7 Å². The van der Waals surface area contributed by atoms with E-state index in [4.69, 9.17) is 8.83 Å². The fourth-order valence-electron chi connectivity index (χ4n) is 3.44. The molecule has 0 atom stereocenters. The van der Waals surface area contributed by atoms with Crippen LogP contribution in [-0.4, -0.2) is 35.8 Å². The molecule has 6 heteroatoms. The second-order valence-electron chi connectivity index (χ2n) is 6.60. The minimum Gasteiger partial charge on any atom is -0.472 e. The maximum Gasteiger partial charge on any atom is 0.287 e. The highest BCUT2D eigenvalue weighted by molar-refractivity contribution is 5.99. The van der Waals surface area contributed by atoms with Gasteiger partial charge < -0.3 is 19.1 Å². The number of piperidine rings is 1. The average Bonchev–Trinajstić information content (AvgIpc) is 3.31. The lowest BCUT2D eigenvalue weighted by atomic mass is 10.0. The van der Waals surface area contributed by atoms with E-state index in [2.05, 4.69) is 5.32 Å². The lowest BCUT2D eigenvalue weighted by molar-refractivity contribution is 0.0695. The summed E-state index contributed by atoms with van der Waals surface area (Å²) in [6, 6.07) is 9.33. The Hall–Kier alpha value is -3.02. The number of para-hydroxylation sites is 1. The molecule has 0 spiro atoms. The van der Waals surface area contributed by atoms with E-state index in [0.717, 1.165) is 16.5 Å². The number of aryl methyl sites for hydroxylation is 1. The lowest BCUT2D eigenvalue weighted by Gasteiger charge is -2.32. The van der Waals surface area contributed by atoms with E-state index in [0.29, 0.717) is 37.3 Å². The van der Waals surface area contributed by atoms with Crippen molar-refractivity contribution in [1.82, 2.24) is 10.2 Å². The van der Waals surface area contributed by atoms with Gasteiger partial charge in [-0.2, -0.15) is 0 Å². The van der Waals surface area contributed by atoms with Gasteiger partial charge in [-0.25, -0.2) is 0 Å². The molecule has 1 saturated heterocycles. The number of rotatable bonds is 3. The highest BCUT2D eigenvalue weighted by Gasteiger charge is 2.26. The third-order valence-corrected chi connectivity index (χ3v) is 4.94. The Labute approximate surface area is 150 Å². The van der Waals surface area contributed by atoms with Gasteiger partial charge >= 0.3 is 0 Å². The Morgan fingerprint density at radius 2 is 1.92 bits per heavy atom. The van der Waals surface area contributed by atoms with Gasteiger partial charge in [-0.3, -0.25) is 9.59 Å². The van der Waals surface area contributed by atoms with Gasteiger partial charge in [0.15, 0.2) is 5.76 Å². The summed E-state index contributed by atoms with van der Waals surface area (Å²) < 4.78 is 10.7. The number of carbonyl (C=O) groups excluding carboxylic acids is 2. The molecule has 26 heavy (non-hydrogen) atoms. The van der Waals surface area contributed by atoms with Crippen molar-refractivity contribution in [2.75, 3.05) is 13.1 Å². The topological polar surface area (TPSA) is 75.7 Å². The molecule has 1 N–H and O–H groups in total. The van der Waals surface area contributed by atoms with Crippen LogP contribution in [0.3, 0.4) is 0 Å². The Morgan fingerprint density at radius 1 is 1.15 bits per heavy atom. The fourth-order valence-corrected chi connectivity index (χ4v) is 3.44. The molecule has 2 amide bonds. The van der Waals surface area contributed by atoms with Gasteiger partial charge in [0, 0.05) is 30.1 Å². The molecule has 0 aliphatic carbocycles. The summed E-state index contributed by atoms with van der Waals surface area (Å²) in [5.74, 6) is 0.137. The minimum atomic E-state index is -0.196. The smallest absolute Gasteiger partial charge is 0.287 e. The first kappa shape index (κ1) is 16.4. The number of likely N-dealkylation sites (tertiary alicyclic amines) is 1. The zero-order chi connectivity index (χ0) is 18.1. The van der Waals surface area contributed by atoms with Crippen LogP contribution in [-0.2, 0) is 0 Å². The van der Waals surface area contributed by atoms with Crippen molar-refractivity contribution in [3.63, 3.8) is 0 Å². The van der Waals surface area contributed by atoms with Gasteiger partial charge in [-0.1, -0.05) is 18.2 Å². The SMILES string of the molecule is Cc1c(C(=O)NC2CCN(C(=O)c3ccoc3)CC2)oc2ccccc12. The molecule has 4 rings (SSSR count). The predicted molar refractivity (Wildman–Crippen MR) is 96.1 cm³/mol. The first-order valence-corrected chi connectivity index (χ1v) is 8.74. The summed E-state index contributed by atoms with van der Waals surface area (Å²) in [4.78, 5) is 26.7. The summed E-state index contributed by atoms with van der Waals surface area (Å²) >= 11 is 0. The Bertz CT molecular complexity index is 934. The second kappa shape index (κ2) is 6.71. The van der Waals surface area contributed by atoms with Crippen LogP contribution in [0.2, 0.25) is 0 Å². The van der Waals surface area contributed by atoms with E-state index in [1.54, 1.807) is 11.0 Å². The number of amides is 2. The normalized spacial score (nSPS) is 15.3. The average molecular weight is 352 g/mol. The molecular weight excluding hydrogens is 332 g/mol. The third-order valence-electron chi connectivity index (χ3n) is 4.94. The first-order valence-electron chi connectivity index (χ1n) is 8.74. The second-order valence-corrected chi connectivity index (χ2v) is 6.60. The molecule has 0 radical (unpaired) electrons. The quantitative estimate of drug-likeness (QED) is 0.784. The number of benzene rings is 1. The molecule has 1 fully saturated rings. The third kappa shape index (κ3) is 2.98. The predicted octanol–water partition coefficient (Wildman–Crippen LogP) is 3.37. The van der Waals surface area contributed by atoms with Crippen molar-refractivity contribution in [2.45, 2.75) is 25.8 Å². The Kier molecular flexibility index (Phi) is 4.24. The van der Waals surface area contributed by atoms with Gasteiger partial charge in [-0.05, 0) is 31.9 Å². The summed E-state index contributed by atoms with van der Waals surface area (Å²) in [5, 5.41) is 4.00. The number of nitrogens with zero attached hydrogens (tertiary/aromatic N) is 1. The number of furan rings is 2. The van der Waals surface area contributed by atoms with E-state index in [1.165, 1.54) is 12.5 Å². The maximum atomic E-state index is 12.6. The van der Waals surface area contributed by atoms with Crippen LogP contribution in [0.5, 0.6) is 0 Å². The van der Waals surface area contributed by atoms with Crippen molar-refractivity contribution in [3.8, 4) is 0 Å². The molecule has 134 valence electrons. The van der Waals surface area contributed by atoms with Crippen LogP contribution >= 0.6 is 0 Å². The number of nitrogens with one attached hydrogen (secondary N) is 1. The Morgan fingerprint density at radius 3 is 2.62 bits per heavy atom. The molecule has 0 saturated carbocycles. The molecule has 1 aromatic carbocycles. The van der Waals surface area contributed by atoms with E-state index < -0.39 is 0 Å². The monoisotopic (exact) mass is 352 g/mol. The first-order chi connectivity index (χ1) is 12.6. The molecule has 2 aromatic heterocycles. The van der Waals surface area contributed by atoms with Crippen LogP contribution < -0.4 is 5.32 Å². The van der Waals surface area contributed by atoms with Gasteiger partial charge in [-0.15, -0.1) is 0 Å². The zero-order valence-corrected chi connectivity index (χ0v) is 14.5. The highest BCUT2D eigenvalue weighted by atomic mass is 16.3. The number of hydrogen-bond acceptors (Lipinski definition) is 4. The maximum absolute atomic E-state index is 12.6. The van der Waals surface area contributed by atoms with Crippen LogP contribution in [0.15, 0.2) is 51.7 Å². The van der Waals surface area contributed by atoms with Gasteiger partial charge in [0.1, 0.15) is 11.8 Å². The Balaban J connectivity index is 1.38. The van der Waals surface area contributed by atoms with Crippen molar-refractivity contribution in [2.24, 2.45) is 0 Å². The number of carbonyl (C=O) groups is 2. The molecule has 0 bridgehead atoms. The summed E-state index contributed by atoms with van der Waals surface area (Å²) in [6.45, 7) is 3.11. The largest absolute Gasteiger partial charge is 0.472 e. The van der Waals surface area contributed by atoms with Crippen LogP contribution in [0.25, 0.3) is 11.0 Å². The molecule has 1 aliphatic heterocycles. The van der Waals surface area contributed by atoms with Gasteiger partial charge in [0.05, 0.1) is 11.8 Å². The molecular formula is C20H20N2O4. The van der Waals surface area contributed by atoms with E-state index in [9.17, 15) is 9.59 Å². The molecule has 3 aromatic rings. The standard InChI is InChI=1S/C20H20N2O4/c1-13-16-4-2-3-5-17(16)26-18(13)19(23)21-15-6-9-22(10-7-15)20(24)14-8-11-25-12-14/h2-5,8,11-12,15H,6-7,9-10H2,1H3,(H,21,23). The molecule has 3 heterocycles. The van der Waals surface area contributed by atoms with Crippen LogP contribution in [0.1, 0.15) is 39.3 Å².